The number of hydrogen-bond acceptors (Lipinski definition) is 4. The van der Waals surface area contributed by atoms with Gasteiger partial charge >= 0.3 is 0 Å². The van der Waals surface area contributed by atoms with Crippen LogP contribution >= 0.6 is 0 Å². The smallest absolute Gasteiger partial charge is 0.0514 e. The highest BCUT2D eigenvalue weighted by Crippen LogP contribution is 2.28. The molecule has 1 aliphatic rings. The molecule has 0 aromatic carbocycles. The Morgan fingerprint density at radius 1 is 1.55 bits per heavy atom. The van der Waals surface area contributed by atoms with Gasteiger partial charge in [0, 0.05) is 31.0 Å². The molecule has 0 spiro atoms. The van der Waals surface area contributed by atoms with Gasteiger partial charge < -0.3 is 10.6 Å². The standard InChI is InChI=1S/C16H28N4/c1-4-15(17)16(13-7-5-9-18-11-13)20(3)14-8-6-10-19(2)12-14/h5,7,9,11,14-16H,4,6,8,10,12,17H2,1-3H3. The van der Waals surface area contributed by atoms with Gasteiger partial charge in [0.15, 0.2) is 0 Å². The summed E-state index contributed by atoms with van der Waals surface area (Å²) in [6.45, 7) is 4.50. The molecule has 1 aliphatic heterocycles. The lowest BCUT2D eigenvalue weighted by Crippen LogP contribution is -2.50. The second-order valence-electron chi connectivity index (χ2n) is 6.03. The van der Waals surface area contributed by atoms with Crippen molar-refractivity contribution in [1.82, 2.24) is 14.8 Å². The molecule has 2 N–H and O–H groups in total. The summed E-state index contributed by atoms with van der Waals surface area (Å²) < 4.78 is 0. The average Bonchev–Trinajstić information content (AvgIpc) is 2.48. The molecule has 20 heavy (non-hydrogen) atoms. The van der Waals surface area contributed by atoms with E-state index in [0.29, 0.717) is 6.04 Å². The number of likely N-dealkylation sites (N-methyl/N-ethyl adjacent to an activating group) is 2. The van der Waals surface area contributed by atoms with Crippen LogP contribution in [-0.2, 0) is 0 Å². The van der Waals surface area contributed by atoms with E-state index in [9.17, 15) is 0 Å². The topological polar surface area (TPSA) is 45.4 Å². The summed E-state index contributed by atoms with van der Waals surface area (Å²) in [5.74, 6) is 0. The Balaban J connectivity index is 2.18. The molecule has 2 rings (SSSR count). The second kappa shape index (κ2) is 7.16. The van der Waals surface area contributed by atoms with E-state index in [0.717, 1.165) is 13.0 Å². The van der Waals surface area contributed by atoms with E-state index in [2.05, 4.69) is 41.9 Å². The lowest BCUT2D eigenvalue weighted by molar-refractivity contribution is 0.0859. The van der Waals surface area contributed by atoms with Crippen molar-refractivity contribution >= 4 is 0 Å². The van der Waals surface area contributed by atoms with Gasteiger partial charge in [-0.15, -0.1) is 0 Å². The van der Waals surface area contributed by atoms with E-state index < -0.39 is 0 Å². The summed E-state index contributed by atoms with van der Waals surface area (Å²) >= 11 is 0. The molecular formula is C16H28N4. The largest absolute Gasteiger partial charge is 0.326 e. The third-order valence-electron chi connectivity index (χ3n) is 4.52. The van der Waals surface area contributed by atoms with Gasteiger partial charge in [0.1, 0.15) is 0 Å². The van der Waals surface area contributed by atoms with Crippen molar-refractivity contribution < 1.29 is 0 Å². The van der Waals surface area contributed by atoms with Gasteiger partial charge in [-0.05, 0) is 51.5 Å². The normalized spacial score (nSPS) is 23.8. The molecule has 0 radical (unpaired) electrons. The lowest BCUT2D eigenvalue weighted by atomic mass is 9.94. The van der Waals surface area contributed by atoms with Crippen molar-refractivity contribution in [2.45, 2.75) is 44.3 Å². The maximum atomic E-state index is 6.41. The van der Waals surface area contributed by atoms with Crippen LogP contribution < -0.4 is 5.73 Å². The third-order valence-corrected chi connectivity index (χ3v) is 4.52. The van der Waals surface area contributed by atoms with E-state index in [1.165, 1.54) is 24.9 Å². The fraction of sp³-hybridized carbons (Fsp3) is 0.688. The number of hydrogen-bond donors (Lipinski definition) is 1. The quantitative estimate of drug-likeness (QED) is 0.892. The summed E-state index contributed by atoms with van der Waals surface area (Å²) in [6.07, 6.45) is 7.29. The summed E-state index contributed by atoms with van der Waals surface area (Å²) in [6, 6.07) is 5.14. The summed E-state index contributed by atoms with van der Waals surface area (Å²) in [4.78, 5) is 9.16. The van der Waals surface area contributed by atoms with E-state index in [1.54, 1.807) is 0 Å². The molecule has 4 nitrogen and oxygen atoms in total. The van der Waals surface area contributed by atoms with Gasteiger partial charge in [-0.25, -0.2) is 0 Å². The van der Waals surface area contributed by atoms with E-state index in [4.69, 9.17) is 5.73 Å². The highest BCUT2D eigenvalue weighted by molar-refractivity contribution is 5.16. The first kappa shape index (κ1) is 15.4. The van der Waals surface area contributed by atoms with E-state index in [1.807, 2.05) is 18.5 Å². The fourth-order valence-corrected chi connectivity index (χ4v) is 3.26. The lowest BCUT2D eigenvalue weighted by Gasteiger charge is -2.42. The van der Waals surface area contributed by atoms with E-state index >= 15 is 0 Å². The minimum atomic E-state index is 0.149. The summed E-state index contributed by atoms with van der Waals surface area (Å²) in [5.41, 5.74) is 7.64. The number of piperidine rings is 1. The predicted octanol–water partition coefficient (Wildman–Crippen LogP) is 1.89. The molecular weight excluding hydrogens is 248 g/mol. The van der Waals surface area contributed by atoms with Gasteiger partial charge in [0.2, 0.25) is 0 Å². The third kappa shape index (κ3) is 3.57. The number of rotatable bonds is 5. The Kier molecular flexibility index (Phi) is 5.52. The average molecular weight is 276 g/mol. The molecule has 1 aromatic rings. The Bertz CT molecular complexity index is 395. The zero-order valence-electron chi connectivity index (χ0n) is 13.0. The van der Waals surface area contributed by atoms with Crippen molar-refractivity contribution in [3.8, 4) is 0 Å². The van der Waals surface area contributed by atoms with Crippen LogP contribution in [-0.4, -0.2) is 54.1 Å². The van der Waals surface area contributed by atoms with Crippen LogP contribution in [0.25, 0.3) is 0 Å². The molecule has 0 bridgehead atoms. The SMILES string of the molecule is CCC(N)C(c1cccnc1)N(C)C1CCCN(C)C1. The fourth-order valence-electron chi connectivity index (χ4n) is 3.26. The molecule has 0 amide bonds. The molecule has 2 heterocycles. The number of nitrogens with two attached hydrogens (primary N) is 1. The van der Waals surface area contributed by atoms with Crippen LogP contribution in [0.3, 0.4) is 0 Å². The molecule has 112 valence electrons. The van der Waals surface area contributed by atoms with Crippen molar-refractivity contribution in [2.75, 3.05) is 27.2 Å². The molecule has 3 atom stereocenters. The Labute approximate surface area is 123 Å². The van der Waals surface area contributed by atoms with Crippen LogP contribution in [0.4, 0.5) is 0 Å². The number of nitrogens with zero attached hydrogens (tertiary/aromatic N) is 3. The maximum Gasteiger partial charge on any atom is 0.0514 e. The molecule has 4 heteroatoms. The molecule has 0 saturated carbocycles. The molecule has 1 saturated heterocycles. The predicted molar refractivity (Wildman–Crippen MR) is 83.5 cm³/mol. The Morgan fingerprint density at radius 2 is 2.35 bits per heavy atom. The van der Waals surface area contributed by atoms with Crippen molar-refractivity contribution in [3.05, 3.63) is 30.1 Å². The van der Waals surface area contributed by atoms with Crippen LogP contribution in [0, 0.1) is 0 Å². The monoisotopic (exact) mass is 276 g/mol. The minimum Gasteiger partial charge on any atom is -0.326 e. The zero-order chi connectivity index (χ0) is 14.5. The van der Waals surface area contributed by atoms with Gasteiger partial charge in [-0.2, -0.15) is 0 Å². The van der Waals surface area contributed by atoms with Crippen LogP contribution in [0.2, 0.25) is 0 Å². The number of likely N-dealkylation sites (tertiary alicyclic amines) is 1. The minimum absolute atomic E-state index is 0.149. The maximum absolute atomic E-state index is 6.41. The highest BCUT2D eigenvalue weighted by Gasteiger charge is 2.30. The first-order chi connectivity index (χ1) is 9.63. The van der Waals surface area contributed by atoms with Gasteiger partial charge in [-0.3, -0.25) is 9.88 Å². The first-order valence-electron chi connectivity index (χ1n) is 7.69. The van der Waals surface area contributed by atoms with Crippen molar-refractivity contribution in [2.24, 2.45) is 5.73 Å². The van der Waals surface area contributed by atoms with Gasteiger partial charge in [0.25, 0.3) is 0 Å². The van der Waals surface area contributed by atoms with Crippen LogP contribution in [0.1, 0.15) is 37.8 Å². The molecule has 0 aliphatic carbocycles. The molecule has 1 aromatic heterocycles. The van der Waals surface area contributed by atoms with Crippen molar-refractivity contribution in [1.29, 1.82) is 0 Å². The van der Waals surface area contributed by atoms with Gasteiger partial charge in [-0.1, -0.05) is 13.0 Å². The van der Waals surface area contributed by atoms with Gasteiger partial charge in [0.05, 0.1) is 6.04 Å². The van der Waals surface area contributed by atoms with Crippen LogP contribution in [0.15, 0.2) is 24.5 Å². The van der Waals surface area contributed by atoms with Crippen molar-refractivity contribution in [3.63, 3.8) is 0 Å². The highest BCUT2D eigenvalue weighted by atomic mass is 15.2. The van der Waals surface area contributed by atoms with Crippen LogP contribution in [0.5, 0.6) is 0 Å². The Morgan fingerprint density at radius 3 is 2.95 bits per heavy atom. The Hall–Kier alpha value is -0.970. The summed E-state index contributed by atoms with van der Waals surface area (Å²) in [7, 11) is 4.43. The first-order valence-corrected chi connectivity index (χ1v) is 7.69. The number of pyridine rings is 1. The molecule has 3 unspecified atom stereocenters. The van der Waals surface area contributed by atoms with E-state index in [-0.39, 0.29) is 12.1 Å². The number of aromatic nitrogens is 1. The summed E-state index contributed by atoms with van der Waals surface area (Å²) in [5, 5.41) is 0. The molecule has 1 fully saturated rings. The second-order valence-corrected chi connectivity index (χ2v) is 6.03. The zero-order valence-corrected chi connectivity index (χ0v) is 13.0.